The molecule has 2 heterocycles. The molecule has 2 aromatic carbocycles. The Labute approximate surface area is 179 Å². The molecular weight excluding hydrogens is 407 g/mol. The van der Waals surface area contributed by atoms with Crippen molar-refractivity contribution >= 4 is 17.5 Å². The number of rotatable bonds is 6. The van der Waals surface area contributed by atoms with Gasteiger partial charge in [0.2, 0.25) is 17.6 Å². The number of carbonyl (C=O) groups excluding carboxylic acids is 1. The normalized spacial score (nSPS) is 17.1. The van der Waals surface area contributed by atoms with Crippen LogP contribution in [-0.2, 0) is 17.9 Å². The molecule has 8 heteroatoms. The van der Waals surface area contributed by atoms with Crippen LogP contribution in [0.4, 0.5) is 4.39 Å². The van der Waals surface area contributed by atoms with E-state index < -0.39 is 0 Å². The number of aromatic nitrogens is 2. The van der Waals surface area contributed by atoms with Crippen LogP contribution in [0, 0.1) is 11.7 Å². The molecule has 1 aliphatic rings. The zero-order valence-electron chi connectivity index (χ0n) is 16.4. The number of hydrogen-bond acceptors (Lipinski definition) is 5. The molecule has 0 aliphatic carbocycles. The van der Waals surface area contributed by atoms with Crippen LogP contribution in [0.5, 0.6) is 0 Å². The van der Waals surface area contributed by atoms with Crippen LogP contribution in [0.25, 0.3) is 11.4 Å². The number of nitrogens with zero attached hydrogens (tertiary/aromatic N) is 3. The molecule has 0 spiro atoms. The van der Waals surface area contributed by atoms with Crippen LogP contribution in [0.1, 0.15) is 24.3 Å². The number of carbonyl (C=O) groups is 1. The largest absolute Gasteiger partial charge is 0.347 e. The zero-order valence-corrected chi connectivity index (χ0v) is 17.1. The molecule has 1 saturated heterocycles. The minimum Gasteiger partial charge on any atom is -0.347 e. The predicted octanol–water partition coefficient (Wildman–Crippen LogP) is 4.06. The minimum atomic E-state index is -0.240. The molecule has 1 aromatic heterocycles. The van der Waals surface area contributed by atoms with Crippen LogP contribution in [0.3, 0.4) is 0 Å². The highest BCUT2D eigenvalue weighted by molar-refractivity contribution is 6.30. The van der Waals surface area contributed by atoms with Crippen LogP contribution in [0.2, 0.25) is 5.02 Å². The Bertz CT molecular complexity index is 1010. The maximum atomic E-state index is 13.4. The van der Waals surface area contributed by atoms with Crippen molar-refractivity contribution in [2.75, 3.05) is 13.1 Å². The molecule has 3 aromatic rings. The number of nitrogens with one attached hydrogen (secondary N) is 1. The molecule has 4 rings (SSSR count). The lowest BCUT2D eigenvalue weighted by Gasteiger charge is -2.31. The summed E-state index contributed by atoms with van der Waals surface area (Å²) < 4.78 is 18.7. The van der Waals surface area contributed by atoms with E-state index in [1.165, 1.54) is 12.1 Å². The average molecular weight is 429 g/mol. The van der Waals surface area contributed by atoms with Gasteiger partial charge in [-0.15, -0.1) is 0 Å². The van der Waals surface area contributed by atoms with Gasteiger partial charge in [0.15, 0.2) is 0 Å². The number of hydrogen-bond donors (Lipinski definition) is 1. The van der Waals surface area contributed by atoms with Gasteiger partial charge in [0, 0.05) is 23.7 Å². The number of benzene rings is 2. The Balaban J connectivity index is 1.30. The lowest BCUT2D eigenvalue weighted by atomic mass is 9.96. The molecule has 1 fully saturated rings. The highest BCUT2D eigenvalue weighted by atomic mass is 35.5. The van der Waals surface area contributed by atoms with Crippen molar-refractivity contribution < 1.29 is 13.7 Å². The zero-order chi connectivity index (χ0) is 20.9. The van der Waals surface area contributed by atoms with Crippen molar-refractivity contribution in [3.63, 3.8) is 0 Å². The van der Waals surface area contributed by atoms with Gasteiger partial charge in [-0.2, -0.15) is 4.98 Å². The van der Waals surface area contributed by atoms with Crippen molar-refractivity contribution in [3.05, 3.63) is 70.8 Å². The SMILES string of the molecule is O=C(NCc1nc(-c2ccc(Cl)cc2)no1)C1CCCN(Cc2cccc(F)c2)C1. The van der Waals surface area contributed by atoms with Gasteiger partial charge in [-0.3, -0.25) is 9.69 Å². The van der Waals surface area contributed by atoms with Crippen molar-refractivity contribution in [2.24, 2.45) is 5.92 Å². The second-order valence-corrected chi connectivity index (χ2v) is 7.88. The monoisotopic (exact) mass is 428 g/mol. The fourth-order valence-corrected chi connectivity index (χ4v) is 3.78. The molecule has 0 bridgehead atoms. The summed E-state index contributed by atoms with van der Waals surface area (Å²) in [6, 6.07) is 13.7. The molecule has 1 unspecified atom stereocenters. The lowest BCUT2D eigenvalue weighted by molar-refractivity contribution is -0.127. The quantitative estimate of drug-likeness (QED) is 0.641. The first-order valence-corrected chi connectivity index (χ1v) is 10.3. The summed E-state index contributed by atoms with van der Waals surface area (Å²) in [4.78, 5) is 19.1. The average Bonchev–Trinajstić information content (AvgIpc) is 3.22. The first-order valence-electron chi connectivity index (χ1n) is 9.90. The van der Waals surface area contributed by atoms with E-state index in [9.17, 15) is 9.18 Å². The number of likely N-dealkylation sites (tertiary alicyclic amines) is 1. The van der Waals surface area contributed by atoms with Crippen molar-refractivity contribution in [3.8, 4) is 11.4 Å². The summed E-state index contributed by atoms with van der Waals surface area (Å²) in [5, 5.41) is 7.48. The fraction of sp³-hybridized carbons (Fsp3) is 0.318. The third-order valence-corrected chi connectivity index (χ3v) is 5.41. The summed E-state index contributed by atoms with van der Waals surface area (Å²) in [5.41, 5.74) is 1.71. The maximum Gasteiger partial charge on any atom is 0.246 e. The first kappa shape index (κ1) is 20.5. The summed E-state index contributed by atoms with van der Waals surface area (Å²) in [5.74, 6) is 0.406. The standard InChI is InChI=1S/C22H22ClFN4O2/c23-18-8-6-16(7-9-18)21-26-20(30-27-21)12-25-22(29)17-4-2-10-28(14-17)13-15-3-1-5-19(24)11-15/h1,3,5-9,11,17H,2,4,10,12-14H2,(H,25,29). The van der Waals surface area contributed by atoms with E-state index in [1.807, 2.05) is 18.2 Å². The van der Waals surface area contributed by atoms with Crippen molar-refractivity contribution in [1.29, 1.82) is 0 Å². The Kier molecular flexibility index (Phi) is 6.40. The van der Waals surface area contributed by atoms with Gasteiger partial charge in [-0.1, -0.05) is 28.9 Å². The van der Waals surface area contributed by atoms with E-state index in [1.54, 1.807) is 18.2 Å². The number of piperidine rings is 1. The summed E-state index contributed by atoms with van der Waals surface area (Å²) in [7, 11) is 0. The topological polar surface area (TPSA) is 71.3 Å². The Morgan fingerprint density at radius 1 is 1.27 bits per heavy atom. The van der Waals surface area contributed by atoms with E-state index in [0.29, 0.717) is 29.8 Å². The van der Waals surface area contributed by atoms with E-state index in [-0.39, 0.29) is 24.2 Å². The highest BCUT2D eigenvalue weighted by Gasteiger charge is 2.26. The van der Waals surface area contributed by atoms with Crippen LogP contribution >= 0.6 is 11.6 Å². The van der Waals surface area contributed by atoms with Gasteiger partial charge < -0.3 is 9.84 Å². The second kappa shape index (κ2) is 9.36. The van der Waals surface area contributed by atoms with Crippen molar-refractivity contribution in [1.82, 2.24) is 20.4 Å². The summed E-state index contributed by atoms with van der Waals surface area (Å²) >= 11 is 5.89. The first-order chi connectivity index (χ1) is 14.6. The predicted molar refractivity (Wildman–Crippen MR) is 111 cm³/mol. The molecule has 1 amide bonds. The minimum absolute atomic E-state index is 0.0369. The Morgan fingerprint density at radius 2 is 2.10 bits per heavy atom. The smallest absolute Gasteiger partial charge is 0.246 e. The third kappa shape index (κ3) is 5.23. The van der Waals surface area contributed by atoms with E-state index in [4.69, 9.17) is 16.1 Å². The Hall–Kier alpha value is -2.77. The summed E-state index contributed by atoms with van der Waals surface area (Å²) in [6.45, 7) is 2.35. The van der Waals surface area contributed by atoms with Crippen molar-refractivity contribution in [2.45, 2.75) is 25.9 Å². The van der Waals surface area contributed by atoms with Gasteiger partial charge in [0.05, 0.1) is 12.5 Å². The van der Waals surface area contributed by atoms with Gasteiger partial charge in [-0.25, -0.2) is 4.39 Å². The molecular formula is C22H22ClFN4O2. The third-order valence-electron chi connectivity index (χ3n) is 5.16. The molecule has 156 valence electrons. The molecule has 6 nitrogen and oxygen atoms in total. The molecule has 30 heavy (non-hydrogen) atoms. The molecule has 0 radical (unpaired) electrons. The highest BCUT2D eigenvalue weighted by Crippen LogP contribution is 2.20. The molecule has 0 saturated carbocycles. The fourth-order valence-electron chi connectivity index (χ4n) is 3.66. The molecule has 1 N–H and O–H groups in total. The van der Waals surface area contributed by atoms with Gasteiger partial charge in [0.1, 0.15) is 5.82 Å². The number of amides is 1. The van der Waals surface area contributed by atoms with Crippen LogP contribution < -0.4 is 5.32 Å². The number of halogens is 2. The van der Waals surface area contributed by atoms with Crippen LogP contribution in [0.15, 0.2) is 53.1 Å². The second-order valence-electron chi connectivity index (χ2n) is 7.44. The molecule has 1 aliphatic heterocycles. The molecule has 1 atom stereocenters. The van der Waals surface area contributed by atoms with Crippen LogP contribution in [-0.4, -0.2) is 34.0 Å². The van der Waals surface area contributed by atoms with E-state index in [0.717, 1.165) is 30.5 Å². The van der Waals surface area contributed by atoms with E-state index >= 15 is 0 Å². The summed E-state index contributed by atoms with van der Waals surface area (Å²) in [6.07, 6.45) is 1.75. The van der Waals surface area contributed by atoms with E-state index in [2.05, 4.69) is 20.4 Å². The lowest BCUT2D eigenvalue weighted by Crippen LogP contribution is -2.42. The maximum absolute atomic E-state index is 13.4. The van der Waals surface area contributed by atoms with Gasteiger partial charge in [-0.05, 0) is 61.3 Å². The van der Waals surface area contributed by atoms with Gasteiger partial charge >= 0.3 is 0 Å². The Morgan fingerprint density at radius 3 is 2.90 bits per heavy atom. The van der Waals surface area contributed by atoms with Gasteiger partial charge in [0.25, 0.3) is 0 Å².